The quantitative estimate of drug-likeness (QED) is 0.496. The van der Waals surface area contributed by atoms with E-state index < -0.39 is 0 Å². The Morgan fingerprint density at radius 3 is 2.71 bits per heavy atom. The first-order chi connectivity index (χ1) is 11.5. The molecule has 3 aliphatic rings. The van der Waals surface area contributed by atoms with E-state index in [1.165, 1.54) is 4.90 Å². The monoisotopic (exact) mass is 330 g/mol. The molecule has 3 atom stereocenters. The van der Waals surface area contributed by atoms with Gasteiger partial charge in [-0.15, -0.1) is 0 Å². The fourth-order valence-electron chi connectivity index (χ4n) is 3.83. The van der Waals surface area contributed by atoms with Crippen molar-refractivity contribution >= 4 is 17.5 Å². The zero-order valence-electron chi connectivity index (χ0n) is 13.9. The van der Waals surface area contributed by atoms with Crippen LogP contribution in [0, 0.1) is 0 Å². The molecule has 2 unspecified atom stereocenters. The number of carbonyl (C=O) groups is 2. The summed E-state index contributed by atoms with van der Waals surface area (Å²) in [4.78, 5) is 31.1. The van der Waals surface area contributed by atoms with Gasteiger partial charge in [-0.1, -0.05) is 6.07 Å². The fraction of sp³-hybridized carbons (Fsp3) is 0.529. The van der Waals surface area contributed by atoms with E-state index in [0.29, 0.717) is 23.4 Å². The SMILES string of the molecule is CN(C)C1OC1N1CCC[C@H](N2C(=O)c3cccc(N)c3C2=O)C1. The van der Waals surface area contributed by atoms with Crippen LogP contribution in [0.2, 0.25) is 0 Å². The summed E-state index contributed by atoms with van der Waals surface area (Å²) in [5.74, 6) is -0.490. The van der Waals surface area contributed by atoms with Gasteiger partial charge in [0.15, 0.2) is 12.5 Å². The maximum atomic E-state index is 12.8. The van der Waals surface area contributed by atoms with E-state index in [1.54, 1.807) is 18.2 Å². The van der Waals surface area contributed by atoms with Crippen LogP contribution in [-0.2, 0) is 4.74 Å². The zero-order chi connectivity index (χ0) is 17.0. The summed E-state index contributed by atoms with van der Waals surface area (Å²) in [6.45, 7) is 1.58. The molecule has 4 rings (SSSR count). The molecule has 2 amide bonds. The van der Waals surface area contributed by atoms with Gasteiger partial charge in [-0.25, -0.2) is 0 Å². The Labute approximate surface area is 140 Å². The van der Waals surface area contributed by atoms with Crippen LogP contribution in [0.1, 0.15) is 33.6 Å². The van der Waals surface area contributed by atoms with E-state index in [2.05, 4.69) is 4.90 Å². The van der Waals surface area contributed by atoms with Gasteiger partial charge in [-0.2, -0.15) is 0 Å². The smallest absolute Gasteiger partial charge is 0.263 e. The van der Waals surface area contributed by atoms with Gasteiger partial charge in [-0.05, 0) is 39.1 Å². The van der Waals surface area contributed by atoms with Crippen molar-refractivity contribution in [3.8, 4) is 0 Å². The Kier molecular flexibility index (Phi) is 3.59. The number of anilines is 1. The molecule has 0 bridgehead atoms. The average molecular weight is 330 g/mol. The summed E-state index contributed by atoms with van der Waals surface area (Å²) in [6.07, 6.45) is 1.92. The van der Waals surface area contributed by atoms with Gasteiger partial charge in [0, 0.05) is 18.8 Å². The molecule has 2 fully saturated rings. The third-order valence-electron chi connectivity index (χ3n) is 5.09. The highest BCUT2D eigenvalue weighted by Gasteiger charge is 2.49. The first-order valence-electron chi connectivity index (χ1n) is 8.31. The summed E-state index contributed by atoms with van der Waals surface area (Å²) < 4.78 is 5.71. The molecule has 128 valence electrons. The largest absolute Gasteiger partial charge is 0.398 e. The second-order valence-corrected chi connectivity index (χ2v) is 6.92. The molecule has 3 aliphatic heterocycles. The minimum atomic E-state index is -0.263. The van der Waals surface area contributed by atoms with Crippen LogP contribution in [0.5, 0.6) is 0 Å². The fourth-order valence-corrected chi connectivity index (χ4v) is 3.83. The van der Waals surface area contributed by atoms with Crippen LogP contribution in [-0.4, -0.2) is 72.2 Å². The molecule has 1 aromatic carbocycles. The number of likely N-dealkylation sites (tertiary alicyclic amines) is 1. The molecule has 24 heavy (non-hydrogen) atoms. The standard InChI is InChI=1S/C17H22N4O3/c1-19(2)16-17(24-16)20-8-4-5-10(9-20)21-14(22)11-6-3-7-12(18)13(11)15(21)23/h3,6-7,10,16-17H,4-5,8-9,18H2,1-2H3/t10-,16?,17?/m0/s1. The van der Waals surface area contributed by atoms with Crippen LogP contribution in [0.3, 0.4) is 0 Å². The van der Waals surface area contributed by atoms with E-state index >= 15 is 0 Å². The van der Waals surface area contributed by atoms with Crippen LogP contribution in [0.25, 0.3) is 0 Å². The number of ether oxygens (including phenoxy) is 1. The molecular formula is C17H22N4O3. The van der Waals surface area contributed by atoms with E-state index in [1.807, 2.05) is 19.0 Å². The van der Waals surface area contributed by atoms with Crippen molar-refractivity contribution in [3.05, 3.63) is 29.3 Å². The second kappa shape index (κ2) is 5.54. The molecule has 2 saturated heterocycles. The molecule has 3 heterocycles. The molecule has 0 spiro atoms. The average Bonchev–Trinajstić information content (AvgIpc) is 3.31. The maximum absolute atomic E-state index is 12.8. The summed E-state index contributed by atoms with van der Waals surface area (Å²) in [7, 11) is 3.97. The molecule has 0 aromatic heterocycles. The number of nitrogens with two attached hydrogens (primary N) is 1. The second-order valence-electron chi connectivity index (χ2n) is 6.92. The van der Waals surface area contributed by atoms with Gasteiger partial charge < -0.3 is 10.5 Å². The number of nitrogen functional groups attached to an aromatic ring is 1. The number of hydrogen-bond acceptors (Lipinski definition) is 6. The van der Waals surface area contributed by atoms with Crippen molar-refractivity contribution in [2.75, 3.05) is 32.9 Å². The summed E-state index contributed by atoms with van der Waals surface area (Å²) in [6, 6.07) is 4.94. The highest BCUT2D eigenvalue weighted by Crippen LogP contribution is 2.34. The molecule has 7 heteroatoms. The van der Waals surface area contributed by atoms with Crippen LogP contribution in [0.4, 0.5) is 5.69 Å². The minimum absolute atomic E-state index is 0.0584. The first-order valence-corrected chi connectivity index (χ1v) is 8.31. The number of rotatable bonds is 3. The van der Waals surface area contributed by atoms with Crippen LogP contribution >= 0.6 is 0 Å². The molecule has 1 aromatic rings. The molecule has 0 aliphatic carbocycles. The maximum Gasteiger partial charge on any atom is 0.263 e. The Bertz CT molecular complexity index is 705. The molecular weight excluding hydrogens is 308 g/mol. The van der Waals surface area contributed by atoms with Crippen molar-refractivity contribution in [3.63, 3.8) is 0 Å². The Morgan fingerprint density at radius 2 is 2.04 bits per heavy atom. The van der Waals surface area contributed by atoms with E-state index in [0.717, 1.165) is 19.4 Å². The summed E-state index contributed by atoms with van der Waals surface area (Å²) in [5.41, 5.74) is 7.07. The third kappa shape index (κ3) is 2.31. The van der Waals surface area contributed by atoms with Gasteiger partial charge in [0.05, 0.1) is 17.2 Å². The lowest BCUT2D eigenvalue weighted by molar-refractivity contribution is 0.0423. The Balaban J connectivity index is 1.53. The first kappa shape index (κ1) is 15.6. The van der Waals surface area contributed by atoms with Gasteiger partial charge in [-0.3, -0.25) is 24.3 Å². The normalized spacial score (nSPS) is 30.1. The predicted octanol–water partition coefficient (Wildman–Crippen LogP) is 0.573. The topological polar surface area (TPSA) is 82.4 Å². The summed E-state index contributed by atoms with van der Waals surface area (Å²) in [5, 5.41) is 0. The molecule has 0 radical (unpaired) electrons. The highest BCUT2D eigenvalue weighted by atomic mass is 16.6. The molecule has 2 N–H and O–H groups in total. The highest BCUT2D eigenvalue weighted by molar-refractivity contribution is 6.23. The Morgan fingerprint density at radius 1 is 1.25 bits per heavy atom. The number of nitrogens with zero attached hydrogens (tertiary/aromatic N) is 3. The van der Waals surface area contributed by atoms with Crippen LogP contribution in [0.15, 0.2) is 18.2 Å². The van der Waals surface area contributed by atoms with Crippen molar-refractivity contribution in [2.45, 2.75) is 31.3 Å². The number of likely N-dealkylation sites (N-methyl/N-ethyl adjacent to an activating group) is 1. The van der Waals surface area contributed by atoms with Gasteiger partial charge in [0.1, 0.15) is 0 Å². The van der Waals surface area contributed by atoms with E-state index in [4.69, 9.17) is 10.5 Å². The predicted molar refractivity (Wildman–Crippen MR) is 88.3 cm³/mol. The van der Waals surface area contributed by atoms with Crippen molar-refractivity contribution in [1.29, 1.82) is 0 Å². The number of epoxide rings is 1. The third-order valence-corrected chi connectivity index (χ3v) is 5.09. The van der Waals surface area contributed by atoms with E-state index in [9.17, 15) is 9.59 Å². The van der Waals surface area contributed by atoms with Crippen molar-refractivity contribution in [2.24, 2.45) is 0 Å². The van der Waals surface area contributed by atoms with Gasteiger partial charge in [0.25, 0.3) is 11.8 Å². The van der Waals surface area contributed by atoms with Crippen LogP contribution < -0.4 is 5.73 Å². The van der Waals surface area contributed by atoms with Crippen molar-refractivity contribution in [1.82, 2.24) is 14.7 Å². The van der Waals surface area contributed by atoms with E-state index in [-0.39, 0.29) is 30.3 Å². The number of fused-ring (bicyclic) bond motifs is 1. The number of amides is 2. The lowest BCUT2D eigenvalue weighted by Crippen LogP contribution is -2.51. The van der Waals surface area contributed by atoms with Gasteiger partial charge in [0.2, 0.25) is 0 Å². The van der Waals surface area contributed by atoms with Crippen molar-refractivity contribution < 1.29 is 14.3 Å². The Hall–Kier alpha value is -1.96. The number of carbonyl (C=O) groups excluding carboxylic acids is 2. The minimum Gasteiger partial charge on any atom is -0.398 e. The number of hydrogen-bond donors (Lipinski definition) is 1. The molecule has 7 nitrogen and oxygen atoms in total. The number of imide groups is 1. The lowest BCUT2D eigenvalue weighted by Gasteiger charge is -2.36. The lowest BCUT2D eigenvalue weighted by atomic mass is 10.0. The molecule has 0 saturated carbocycles. The summed E-state index contributed by atoms with van der Waals surface area (Å²) >= 11 is 0. The number of benzene rings is 1. The number of piperidine rings is 1. The zero-order valence-corrected chi connectivity index (χ0v) is 13.9. The van der Waals surface area contributed by atoms with Gasteiger partial charge >= 0.3 is 0 Å².